The lowest BCUT2D eigenvalue weighted by Gasteiger charge is -2.20. The van der Waals surface area contributed by atoms with Crippen molar-refractivity contribution in [1.29, 1.82) is 0 Å². The molecule has 3 N–H and O–H groups in total. The number of hydrazine groups is 1. The summed E-state index contributed by atoms with van der Waals surface area (Å²) in [7, 11) is 1.63. The number of halogens is 2. The molecular weight excluding hydrogens is 328 g/mol. The van der Waals surface area contributed by atoms with Crippen molar-refractivity contribution in [3.63, 3.8) is 0 Å². The van der Waals surface area contributed by atoms with E-state index in [9.17, 15) is 0 Å². The molecule has 0 amide bonds. The van der Waals surface area contributed by atoms with Crippen molar-refractivity contribution in [2.75, 3.05) is 7.11 Å². The molecule has 100 valence electrons. The van der Waals surface area contributed by atoms with Gasteiger partial charge in [-0.1, -0.05) is 39.7 Å². The minimum Gasteiger partial charge on any atom is -0.496 e. The number of methoxy groups -OCH3 is 1. The number of hydrogen-bond donors (Lipinski definition) is 2. The van der Waals surface area contributed by atoms with Gasteiger partial charge in [0.05, 0.1) is 13.2 Å². The molecule has 19 heavy (non-hydrogen) atoms. The molecule has 0 saturated carbocycles. The number of rotatable bonds is 4. The summed E-state index contributed by atoms with van der Waals surface area (Å²) >= 11 is 9.52. The maximum Gasteiger partial charge on any atom is 0.124 e. The van der Waals surface area contributed by atoms with E-state index in [1.807, 2.05) is 36.4 Å². The van der Waals surface area contributed by atoms with E-state index in [-0.39, 0.29) is 6.04 Å². The average Bonchev–Trinajstić information content (AvgIpc) is 2.40. The van der Waals surface area contributed by atoms with Gasteiger partial charge in [-0.05, 0) is 35.9 Å². The first-order chi connectivity index (χ1) is 9.15. The predicted molar refractivity (Wildman–Crippen MR) is 81.3 cm³/mol. The fourth-order valence-electron chi connectivity index (χ4n) is 1.98. The van der Waals surface area contributed by atoms with E-state index in [0.29, 0.717) is 5.02 Å². The molecule has 0 saturated heterocycles. The van der Waals surface area contributed by atoms with Crippen LogP contribution in [0.2, 0.25) is 5.02 Å². The highest BCUT2D eigenvalue weighted by Gasteiger charge is 2.17. The normalized spacial score (nSPS) is 12.2. The van der Waals surface area contributed by atoms with Crippen molar-refractivity contribution in [2.45, 2.75) is 6.04 Å². The van der Waals surface area contributed by atoms with Gasteiger partial charge >= 0.3 is 0 Å². The third-order valence-electron chi connectivity index (χ3n) is 2.85. The summed E-state index contributed by atoms with van der Waals surface area (Å²) in [5.41, 5.74) is 4.73. The lowest BCUT2D eigenvalue weighted by Crippen LogP contribution is -2.29. The van der Waals surface area contributed by atoms with Crippen molar-refractivity contribution in [3.8, 4) is 5.75 Å². The lowest BCUT2D eigenvalue weighted by atomic mass is 9.98. The quantitative estimate of drug-likeness (QED) is 0.659. The van der Waals surface area contributed by atoms with E-state index in [1.165, 1.54) is 0 Å². The van der Waals surface area contributed by atoms with Gasteiger partial charge in [0.15, 0.2) is 0 Å². The second kappa shape index (κ2) is 6.39. The van der Waals surface area contributed by atoms with Gasteiger partial charge in [0.1, 0.15) is 5.75 Å². The zero-order valence-corrected chi connectivity index (χ0v) is 12.7. The molecular formula is C14H14BrClN2O. The van der Waals surface area contributed by atoms with Gasteiger partial charge in [-0.15, -0.1) is 0 Å². The second-order valence-electron chi connectivity index (χ2n) is 4.04. The average molecular weight is 342 g/mol. The molecule has 0 fully saturated rings. The Balaban J connectivity index is 2.50. The van der Waals surface area contributed by atoms with Crippen molar-refractivity contribution in [1.82, 2.24) is 5.43 Å². The summed E-state index contributed by atoms with van der Waals surface area (Å²) in [6, 6.07) is 13.2. The maximum absolute atomic E-state index is 6.06. The molecule has 0 aliphatic carbocycles. The summed E-state index contributed by atoms with van der Waals surface area (Å²) < 4.78 is 6.36. The molecule has 2 aromatic carbocycles. The van der Waals surface area contributed by atoms with Crippen LogP contribution in [0.3, 0.4) is 0 Å². The predicted octanol–water partition coefficient (Wildman–Crippen LogP) is 3.66. The molecule has 2 rings (SSSR count). The van der Waals surface area contributed by atoms with E-state index < -0.39 is 0 Å². The van der Waals surface area contributed by atoms with Crippen molar-refractivity contribution < 1.29 is 4.74 Å². The third kappa shape index (κ3) is 3.28. The Kier molecular flexibility index (Phi) is 4.82. The summed E-state index contributed by atoms with van der Waals surface area (Å²) in [4.78, 5) is 0. The Bertz CT molecular complexity index is 577. The van der Waals surface area contributed by atoms with E-state index in [0.717, 1.165) is 21.3 Å². The molecule has 0 spiro atoms. The second-order valence-corrected chi connectivity index (χ2v) is 5.39. The van der Waals surface area contributed by atoms with Crippen LogP contribution in [0.4, 0.5) is 0 Å². The third-order valence-corrected chi connectivity index (χ3v) is 3.58. The van der Waals surface area contributed by atoms with Crippen LogP contribution in [0.25, 0.3) is 0 Å². The van der Waals surface area contributed by atoms with Gasteiger partial charge in [-0.3, -0.25) is 5.84 Å². The Morgan fingerprint density at radius 2 is 2.05 bits per heavy atom. The van der Waals surface area contributed by atoms with Crippen LogP contribution in [0.5, 0.6) is 5.75 Å². The SMILES string of the molecule is COc1ccc(Cl)cc1C(NN)c1cccc(Br)c1. The van der Waals surface area contributed by atoms with Crippen molar-refractivity contribution in [2.24, 2.45) is 5.84 Å². The molecule has 5 heteroatoms. The van der Waals surface area contributed by atoms with E-state index in [2.05, 4.69) is 21.4 Å². The van der Waals surface area contributed by atoms with Gasteiger partial charge in [-0.2, -0.15) is 0 Å². The topological polar surface area (TPSA) is 47.3 Å². The Morgan fingerprint density at radius 1 is 1.26 bits per heavy atom. The molecule has 3 nitrogen and oxygen atoms in total. The molecule has 1 unspecified atom stereocenters. The van der Waals surface area contributed by atoms with Gasteiger partial charge in [-0.25, -0.2) is 5.43 Å². The number of nitrogens with one attached hydrogen (secondary N) is 1. The minimum absolute atomic E-state index is 0.189. The van der Waals surface area contributed by atoms with Crippen LogP contribution in [0.15, 0.2) is 46.9 Å². The molecule has 0 aromatic heterocycles. The monoisotopic (exact) mass is 340 g/mol. The Hall–Kier alpha value is -1.07. The van der Waals surface area contributed by atoms with E-state index >= 15 is 0 Å². The molecule has 0 bridgehead atoms. The van der Waals surface area contributed by atoms with Gasteiger partial charge in [0.2, 0.25) is 0 Å². The fourth-order valence-corrected chi connectivity index (χ4v) is 2.58. The van der Waals surface area contributed by atoms with Gasteiger partial charge < -0.3 is 4.74 Å². The van der Waals surface area contributed by atoms with Crippen LogP contribution >= 0.6 is 27.5 Å². The maximum atomic E-state index is 6.06. The number of nitrogens with two attached hydrogens (primary N) is 1. The first-order valence-corrected chi connectivity index (χ1v) is 6.88. The highest BCUT2D eigenvalue weighted by molar-refractivity contribution is 9.10. The summed E-state index contributed by atoms with van der Waals surface area (Å²) in [6.45, 7) is 0. The Labute approximate surface area is 125 Å². The first kappa shape index (κ1) is 14.3. The van der Waals surface area contributed by atoms with E-state index in [4.69, 9.17) is 22.2 Å². The summed E-state index contributed by atoms with van der Waals surface area (Å²) in [5.74, 6) is 6.44. The minimum atomic E-state index is -0.189. The van der Waals surface area contributed by atoms with Crippen molar-refractivity contribution in [3.05, 3.63) is 63.1 Å². The zero-order chi connectivity index (χ0) is 13.8. The fraction of sp³-hybridized carbons (Fsp3) is 0.143. The zero-order valence-electron chi connectivity index (χ0n) is 10.4. The molecule has 0 aliphatic rings. The van der Waals surface area contributed by atoms with Gasteiger partial charge in [0, 0.05) is 15.1 Å². The van der Waals surface area contributed by atoms with Gasteiger partial charge in [0.25, 0.3) is 0 Å². The number of benzene rings is 2. The van der Waals surface area contributed by atoms with Crippen LogP contribution in [0.1, 0.15) is 17.2 Å². The van der Waals surface area contributed by atoms with E-state index in [1.54, 1.807) is 13.2 Å². The first-order valence-electron chi connectivity index (χ1n) is 5.70. The van der Waals surface area contributed by atoms with Crippen LogP contribution in [0, 0.1) is 0 Å². The lowest BCUT2D eigenvalue weighted by molar-refractivity contribution is 0.404. The number of hydrogen-bond acceptors (Lipinski definition) is 3. The van der Waals surface area contributed by atoms with Crippen molar-refractivity contribution >= 4 is 27.5 Å². The molecule has 0 radical (unpaired) electrons. The molecule has 2 aromatic rings. The van der Waals surface area contributed by atoms with Crippen LogP contribution in [-0.4, -0.2) is 7.11 Å². The smallest absolute Gasteiger partial charge is 0.124 e. The molecule has 1 atom stereocenters. The standard InChI is InChI=1S/C14H14BrClN2O/c1-19-13-6-5-11(16)8-12(13)14(18-17)9-3-2-4-10(15)7-9/h2-8,14,18H,17H2,1H3. The Morgan fingerprint density at radius 3 is 2.68 bits per heavy atom. The highest BCUT2D eigenvalue weighted by atomic mass is 79.9. The largest absolute Gasteiger partial charge is 0.496 e. The number of ether oxygens (including phenoxy) is 1. The molecule has 0 heterocycles. The summed E-state index contributed by atoms with van der Waals surface area (Å²) in [5, 5.41) is 0.644. The highest BCUT2D eigenvalue weighted by Crippen LogP contribution is 2.32. The summed E-state index contributed by atoms with van der Waals surface area (Å²) in [6.07, 6.45) is 0. The van der Waals surface area contributed by atoms with Crippen LogP contribution < -0.4 is 16.0 Å². The molecule has 0 aliphatic heterocycles. The van der Waals surface area contributed by atoms with Crippen LogP contribution in [-0.2, 0) is 0 Å².